The van der Waals surface area contributed by atoms with Crippen LogP contribution in [0.3, 0.4) is 0 Å². The zero-order chi connectivity index (χ0) is 18.9. The number of alkyl halides is 3. The van der Waals surface area contributed by atoms with Gasteiger partial charge in [0.05, 0.1) is 6.61 Å². The number of fused-ring (bicyclic) bond motifs is 1. The third-order valence-electron chi connectivity index (χ3n) is 5.06. The monoisotopic (exact) mass is 370 g/mol. The molecule has 1 amide bonds. The van der Waals surface area contributed by atoms with Gasteiger partial charge in [-0.25, -0.2) is 0 Å². The highest BCUT2D eigenvalue weighted by Gasteiger charge is 2.53. The Labute approximate surface area is 149 Å². The zero-order valence-electron chi connectivity index (χ0n) is 14.4. The van der Waals surface area contributed by atoms with Crippen LogP contribution in [0.25, 0.3) is 0 Å². The normalized spacial score (nSPS) is 26.0. The average Bonchev–Trinajstić information content (AvgIpc) is 3.14. The van der Waals surface area contributed by atoms with E-state index < -0.39 is 18.1 Å². The van der Waals surface area contributed by atoms with Gasteiger partial charge in [0.2, 0.25) is 0 Å². The summed E-state index contributed by atoms with van der Waals surface area (Å²) in [4.78, 5) is 26.6. The van der Waals surface area contributed by atoms with Gasteiger partial charge in [-0.3, -0.25) is 14.5 Å². The summed E-state index contributed by atoms with van der Waals surface area (Å²) in [5, 5.41) is 0. The number of hydrogen-bond donors (Lipinski definition) is 0. The summed E-state index contributed by atoms with van der Waals surface area (Å²) in [5.74, 6) is -2.33. The summed E-state index contributed by atoms with van der Waals surface area (Å²) >= 11 is 0. The average molecular weight is 370 g/mol. The maximum Gasteiger partial charge on any atom is 0.471 e. The van der Waals surface area contributed by atoms with Gasteiger partial charge >= 0.3 is 18.1 Å². The first-order chi connectivity index (χ1) is 12.3. The third kappa shape index (κ3) is 3.70. The fourth-order valence-corrected chi connectivity index (χ4v) is 3.95. The van der Waals surface area contributed by atoms with Gasteiger partial charge in [0.15, 0.2) is 0 Å². The van der Waals surface area contributed by atoms with Gasteiger partial charge in [-0.05, 0) is 24.8 Å². The number of nitrogens with zero attached hydrogens (tertiary/aromatic N) is 2. The molecule has 0 spiro atoms. The lowest BCUT2D eigenvalue weighted by Crippen LogP contribution is -2.46. The van der Waals surface area contributed by atoms with Gasteiger partial charge < -0.3 is 9.64 Å². The van der Waals surface area contributed by atoms with E-state index in [1.165, 1.54) is 0 Å². The number of amides is 1. The standard InChI is InChI=1S/C18H21F3N2O3/c1-2-26-16(24)14-8-13-10-22(17(25)18(19,20)21)11-15(13)23(14)9-12-6-4-3-5-7-12/h3-7,13-15H,2,8-11H2,1H3/t13-,14-,15-/m1/s1. The number of esters is 1. The Hall–Kier alpha value is -2.09. The lowest BCUT2D eigenvalue weighted by atomic mass is 10.0. The predicted molar refractivity (Wildman–Crippen MR) is 86.9 cm³/mol. The van der Waals surface area contributed by atoms with Crippen molar-refractivity contribution < 1.29 is 27.5 Å². The molecule has 2 fully saturated rings. The molecule has 2 aliphatic rings. The molecule has 2 heterocycles. The number of hydrogen-bond acceptors (Lipinski definition) is 4. The van der Waals surface area contributed by atoms with Crippen molar-refractivity contribution in [1.82, 2.24) is 9.80 Å². The summed E-state index contributed by atoms with van der Waals surface area (Å²) < 4.78 is 43.4. The number of carbonyl (C=O) groups is 2. The van der Waals surface area contributed by atoms with Crippen LogP contribution in [-0.4, -0.2) is 59.6 Å². The molecule has 2 aliphatic heterocycles. The van der Waals surface area contributed by atoms with Crippen molar-refractivity contribution in [2.45, 2.75) is 38.1 Å². The van der Waals surface area contributed by atoms with Crippen molar-refractivity contribution in [3.8, 4) is 0 Å². The molecular weight excluding hydrogens is 349 g/mol. The van der Waals surface area contributed by atoms with Crippen LogP contribution in [0.4, 0.5) is 13.2 Å². The van der Waals surface area contributed by atoms with Gasteiger partial charge in [-0.2, -0.15) is 13.2 Å². The molecule has 0 aromatic heterocycles. The van der Waals surface area contributed by atoms with Crippen LogP contribution in [0.15, 0.2) is 30.3 Å². The smallest absolute Gasteiger partial charge is 0.465 e. The quantitative estimate of drug-likeness (QED) is 0.763. The summed E-state index contributed by atoms with van der Waals surface area (Å²) in [6, 6.07) is 8.65. The van der Waals surface area contributed by atoms with Crippen LogP contribution in [0, 0.1) is 5.92 Å². The largest absolute Gasteiger partial charge is 0.471 e. The second-order valence-electron chi connectivity index (χ2n) is 6.70. The van der Waals surface area contributed by atoms with Gasteiger partial charge in [0.1, 0.15) is 6.04 Å². The van der Waals surface area contributed by atoms with Gasteiger partial charge in [0.25, 0.3) is 0 Å². The van der Waals surface area contributed by atoms with Gasteiger partial charge in [-0.15, -0.1) is 0 Å². The Kier molecular flexibility index (Phi) is 5.22. The van der Waals surface area contributed by atoms with Crippen molar-refractivity contribution in [3.05, 3.63) is 35.9 Å². The molecule has 0 bridgehead atoms. The van der Waals surface area contributed by atoms with Crippen molar-refractivity contribution in [3.63, 3.8) is 0 Å². The lowest BCUT2D eigenvalue weighted by molar-refractivity contribution is -0.184. The van der Waals surface area contributed by atoms with E-state index in [9.17, 15) is 22.8 Å². The predicted octanol–water partition coefficient (Wildman–Crippen LogP) is 2.21. The summed E-state index contributed by atoms with van der Waals surface area (Å²) in [5.41, 5.74) is 0.961. The van der Waals surface area contributed by atoms with E-state index in [0.29, 0.717) is 13.0 Å². The van der Waals surface area contributed by atoms with Gasteiger partial charge in [0, 0.05) is 25.7 Å². The fourth-order valence-electron chi connectivity index (χ4n) is 3.95. The summed E-state index contributed by atoms with van der Waals surface area (Å²) in [6.45, 7) is 2.40. The Morgan fingerprint density at radius 2 is 1.88 bits per heavy atom. The van der Waals surface area contributed by atoms with Crippen LogP contribution in [-0.2, 0) is 20.9 Å². The summed E-state index contributed by atoms with van der Waals surface area (Å²) in [7, 11) is 0. The second-order valence-corrected chi connectivity index (χ2v) is 6.70. The third-order valence-corrected chi connectivity index (χ3v) is 5.06. The number of ether oxygens (including phenoxy) is 1. The van der Waals surface area contributed by atoms with E-state index in [1.807, 2.05) is 35.2 Å². The molecule has 142 valence electrons. The molecule has 5 nitrogen and oxygen atoms in total. The first-order valence-electron chi connectivity index (χ1n) is 8.63. The molecule has 0 saturated carbocycles. The number of benzene rings is 1. The Bertz CT molecular complexity index is 665. The maximum atomic E-state index is 12.7. The lowest BCUT2D eigenvalue weighted by Gasteiger charge is -2.29. The minimum atomic E-state index is -4.87. The van der Waals surface area contributed by atoms with Crippen molar-refractivity contribution >= 4 is 11.9 Å². The molecule has 3 rings (SSSR count). The molecule has 0 N–H and O–H groups in total. The van der Waals surface area contributed by atoms with E-state index in [1.54, 1.807) is 6.92 Å². The Morgan fingerprint density at radius 3 is 2.50 bits per heavy atom. The second kappa shape index (κ2) is 7.26. The first-order valence-corrected chi connectivity index (χ1v) is 8.63. The topological polar surface area (TPSA) is 49.9 Å². The van der Waals surface area contributed by atoms with Crippen LogP contribution >= 0.6 is 0 Å². The van der Waals surface area contributed by atoms with Crippen LogP contribution in [0.5, 0.6) is 0 Å². The highest BCUT2D eigenvalue weighted by molar-refractivity contribution is 5.82. The van der Waals surface area contributed by atoms with Crippen LogP contribution < -0.4 is 0 Å². The molecule has 1 aromatic carbocycles. The van der Waals surface area contributed by atoms with E-state index in [2.05, 4.69) is 0 Å². The minimum Gasteiger partial charge on any atom is -0.465 e. The van der Waals surface area contributed by atoms with E-state index in [4.69, 9.17) is 4.74 Å². The highest BCUT2D eigenvalue weighted by Crippen LogP contribution is 2.38. The van der Waals surface area contributed by atoms with Crippen LogP contribution in [0.1, 0.15) is 18.9 Å². The first kappa shape index (κ1) is 18.7. The fraction of sp³-hybridized carbons (Fsp3) is 0.556. The summed E-state index contributed by atoms with van der Waals surface area (Å²) in [6.07, 6.45) is -4.47. The molecule has 3 atom stereocenters. The van der Waals surface area contributed by atoms with Gasteiger partial charge in [-0.1, -0.05) is 30.3 Å². The van der Waals surface area contributed by atoms with E-state index >= 15 is 0 Å². The zero-order valence-corrected chi connectivity index (χ0v) is 14.4. The van der Waals surface area contributed by atoms with Crippen molar-refractivity contribution in [1.29, 1.82) is 0 Å². The maximum absolute atomic E-state index is 12.7. The number of likely N-dealkylation sites (tertiary alicyclic amines) is 2. The molecule has 26 heavy (non-hydrogen) atoms. The molecule has 0 aliphatic carbocycles. The molecule has 2 saturated heterocycles. The minimum absolute atomic E-state index is 0.0181. The molecule has 0 radical (unpaired) electrons. The van der Waals surface area contributed by atoms with E-state index in [-0.39, 0.29) is 37.6 Å². The molecule has 0 unspecified atom stereocenters. The Balaban J connectivity index is 1.79. The Morgan fingerprint density at radius 1 is 1.19 bits per heavy atom. The van der Waals surface area contributed by atoms with E-state index in [0.717, 1.165) is 10.5 Å². The highest BCUT2D eigenvalue weighted by atomic mass is 19.4. The van der Waals surface area contributed by atoms with Crippen LogP contribution in [0.2, 0.25) is 0 Å². The SMILES string of the molecule is CCOC(=O)[C@H]1C[C@@H]2CN(C(=O)C(F)(F)F)C[C@H]2N1Cc1ccccc1. The number of carbonyl (C=O) groups excluding carboxylic acids is 2. The van der Waals surface area contributed by atoms with Crippen molar-refractivity contribution in [2.24, 2.45) is 5.92 Å². The number of halogens is 3. The van der Waals surface area contributed by atoms with Crippen molar-refractivity contribution in [2.75, 3.05) is 19.7 Å². The number of rotatable bonds is 4. The molecular formula is C18H21F3N2O3. The molecule has 8 heteroatoms. The molecule has 1 aromatic rings.